The Balaban J connectivity index is 1.73. The molecule has 0 spiro atoms. The standard InChI is InChI=1S/C15H15BrO/c16-15-8-4-7-13(11-15)9-10-17-12-14-5-2-1-3-6-14/h1-8,11H,9-10,12H2. The summed E-state index contributed by atoms with van der Waals surface area (Å²) in [6.45, 7) is 1.44. The first-order chi connectivity index (χ1) is 8.34. The van der Waals surface area contributed by atoms with Gasteiger partial charge in [0.15, 0.2) is 0 Å². The van der Waals surface area contributed by atoms with Gasteiger partial charge in [0.05, 0.1) is 13.2 Å². The van der Waals surface area contributed by atoms with E-state index >= 15 is 0 Å². The summed E-state index contributed by atoms with van der Waals surface area (Å²) in [6.07, 6.45) is 0.951. The smallest absolute Gasteiger partial charge is 0.0717 e. The fourth-order valence-corrected chi connectivity index (χ4v) is 2.09. The van der Waals surface area contributed by atoms with E-state index in [0.717, 1.165) is 17.5 Å². The zero-order chi connectivity index (χ0) is 11.9. The summed E-state index contributed by atoms with van der Waals surface area (Å²) >= 11 is 3.47. The van der Waals surface area contributed by atoms with E-state index in [1.807, 2.05) is 24.3 Å². The van der Waals surface area contributed by atoms with Gasteiger partial charge in [-0.1, -0.05) is 58.4 Å². The molecule has 0 bridgehead atoms. The number of hydrogen-bond donors (Lipinski definition) is 0. The number of ether oxygens (including phenoxy) is 1. The van der Waals surface area contributed by atoms with Gasteiger partial charge >= 0.3 is 0 Å². The van der Waals surface area contributed by atoms with Gasteiger partial charge in [-0.05, 0) is 29.7 Å². The van der Waals surface area contributed by atoms with Crippen LogP contribution in [0.15, 0.2) is 59.1 Å². The molecule has 0 N–H and O–H groups in total. The van der Waals surface area contributed by atoms with Crippen molar-refractivity contribution in [2.45, 2.75) is 13.0 Å². The topological polar surface area (TPSA) is 9.23 Å². The second-order valence-electron chi connectivity index (χ2n) is 3.92. The molecule has 2 aromatic rings. The van der Waals surface area contributed by atoms with Crippen molar-refractivity contribution in [3.8, 4) is 0 Å². The van der Waals surface area contributed by atoms with E-state index in [-0.39, 0.29) is 0 Å². The van der Waals surface area contributed by atoms with Crippen molar-refractivity contribution in [2.24, 2.45) is 0 Å². The first-order valence-electron chi connectivity index (χ1n) is 5.71. The molecule has 0 saturated heterocycles. The van der Waals surface area contributed by atoms with E-state index in [9.17, 15) is 0 Å². The fraction of sp³-hybridized carbons (Fsp3) is 0.200. The van der Waals surface area contributed by atoms with E-state index in [2.05, 4.69) is 46.3 Å². The Labute approximate surface area is 111 Å². The molecule has 1 nitrogen and oxygen atoms in total. The summed E-state index contributed by atoms with van der Waals surface area (Å²) in [5, 5.41) is 0. The Hall–Kier alpha value is -1.12. The molecule has 0 aliphatic heterocycles. The van der Waals surface area contributed by atoms with Crippen LogP contribution in [0.3, 0.4) is 0 Å². The van der Waals surface area contributed by atoms with Crippen molar-refractivity contribution < 1.29 is 4.74 Å². The minimum Gasteiger partial charge on any atom is -0.376 e. The lowest BCUT2D eigenvalue weighted by Gasteiger charge is -2.05. The molecule has 0 unspecified atom stereocenters. The van der Waals surface area contributed by atoms with Crippen LogP contribution < -0.4 is 0 Å². The van der Waals surface area contributed by atoms with E-state index in [4.69, 9.17) is 4.74 Å². The maximum absolute atomic E-state index is 5.65. The van der Waals surface area contributed by atoms with Gasteiger partial charge in [-0.15, -0.1) is 0 Å². The summed E-state index contributed by atoms with van der Waals surface area (Å²) < 4.78 is 6.77. The van der Waals surface area contributed by atoms with Gasteiger partial charge in [0.2, 0.25) is 0 Å². The van der Waals surface area contributed by atoms with Crippen molar-refractivity contribution in [3.63, 3.8) is 0 Å². The molecule has 0 aromatic heterocycles. The zero-order valence-corrected chi connectivity index (χ0v) is 11.2. The number of rotatable bonds is 5. The third-order valence-corrected chi connectivity index (χ3v) is 3.03. The van der Waals surface area contributed by atoms with Gasteiger partial charge in [-0.3, -0.25) is 0 Å². The second-order valence-corrected chi connectivity index (χ2v) is 4.83. The fourth-order valence-electron chi connectivity index (χ4n) is 1.65. The van der Waals surface area contributed by atoms with E-state index < -0.39 is 0 Å². The highest BCUT2D eigenvalue weighted by Crippen LogP contribution is 2.12. The highest BCUT2D eigenvalue weighted by atomic mass is 79.9. The van der Waals surface area contributed by atoms with Gasteiger partial charge in [-0.2, -0.15) is 0 Å². The van der Waals surface area contributed by atoms with Crippen molar-refractivity contribution in [3.05, 3.63) is 70.2 Å². The van der Waals surface area contributed by atoms with Crippen LogP contribution in [-0.4, -0.2) is 6.61 Å². The molecule has 0 amide bonds. The molecule has 17 heavy (non-hydrogen) atoms. The van der Waals surface area contributed by atoms with Gasteiger partial charge in [-0.25, -0.2) is 0 Å². The predicted molar refractivity (Wildman–Crippen MR) is 73.9 cm³/mol. The summed E-state index contributed by atoms with van der Waals surface area (Å²) in [6, 6.07) is 18.6. The number of hydrogen-bond acceptors (Lipinski definition) is 1. The SMILES string of the molecule is Brc1cccc(CCOCc2ccccc2)c1. The molecule has 0 aliphatic carbocycles. The molecular formula is C15H15BrO. The third-order valence-electron chi connectivity index (χ3n) is 2.54. The maximum atomic E-state index is 5.65. The lowest BCUT2D eigenvalue weighted by atomic mass is 10.2. The Kier molecular flexibility index (Phi) is 4.77. The van der Waals surface area contributed by atoms with Gasteiger partial charge in [0, 0.05) is 4.47 Å². The van der Waals surface area contributed by atoms with Crippen LogP contribution in [0.2, 0.25) is 0 Å². The maximum Gasteiger partial charge on any atom is 0.0717 e. The summed E-state index contributed by atoms with van der Waals surface area (Å²) in [5.41, 5.74) is 2.52. The second kappa shape index (κ2) is 6.58. The minimum atomic E-state index is 0.689. The van der Waals surface area contributed by atoms with Crippen LogP contribution >= 0.6 is 15.9 Å². The third kappa shape index (κ3) is 4.33. The molecule has 0 heterocycles. The Bertz CT molecular complexity index is 453. The number of halogens is 1. The molecule has 2 heteroatoms. The molecule has 0 radical (unpaired) electrons. The van der Waals surface area contributed by atoms with Gasteiger partial charge in [0.1, 0.15) is 0 Å². The zero-order valence-electron chi connectivity index (χ0n) is 9.60. The average molecular weight is 291 g/mol. The molecule has 2 aromatic carbocycles. The first kappa shape index (κ1) is 12.3. The van der Waals surface area contributed by atoms with Gasteiger partial charge in [0.25, 0.3) is 0 Å². The van der Waals surface area contributed by atoms with Crippen molar-refractivity contribution >= 4 is 15.9 Å². The molecular weight excluding hydrogens is 276 g/mol. The summed E-state index contributed by atoms with van der Waals surface area (Å²) in [5.74, 6) is 0. The summed E-state index contributed by atoms with van der Waals surface area (Å²) in [4.78, 5) is 0. The molecule has 0 aliphatic rings. The van der Waals surface area contributed by atoms with E-state index in [1.54, 1.807) is 0 Å². The molecule has 88 valence electrons. The Morgan fingerprint density at radius 1 is 0.882 bits per heavy atom. The van der Waals surface area contributed by atoms with Crippen LogP contribution in [0.1, 0.15) is 11.1 Å². The van der Waals surface area contributed by atoms with Crippen molar-refractivity contribution in [1.29, 1.82) is 0 Å². The highest BCUT2D eigenvalue weighted by molar-refractivity contribution is 9.10. The van der Waals surface area contributed by atoms with Crippen molar-refractivity contribution in [1.82, 2.24) is 0 Å². The Morgan fingerprint density at radius 2 is 1.65 bits per heavy atom. The van der Waals surface area contributed by atoms with Crippen LogP contribution in [-0.2, 0) is 17.8 Å². The van der Waals surface area contributed by atoms with E-state index in [0.29, 0.717) is 6.61 Å². The van der Waals surface area contributed by atoms with Crippen molar-refractivity contribution in [2.75, 3.05) is 6.61 Å². The Morgan fingerprint density at radius 3 is 2.41 bits per heavy atom. The largest absolute Gasteiger partial charge is 0.376 e. The number of benzene rings is 2. The lowest BCUT2D eigenvalue weighted by Crippen LogP contribution is -1.98. The van der Waals surface area contributed by atoms with Crippen LogP contribution in [0.25, 0.3) is 0 Å². The molecule has 2 rings (SSSR count). The minimum absolute atomic E-state index is 0.689. The first-order valence-corrected chi connectivity index (χ1v) is 6.50. The monoisotopic (exact) mass is 290 g/mol. The van der Waals surface area contributed by atoms with Crippen LogP contribution in [0.5, 0.6) is 0 Å². The molecule has 0 atom stereocenters. The van der Waals surface area contributed by atoms with Crippen LogP contribution in [0, 0.1) is 0 Å². The average Bonchev–Trinajstić information content (AvgIpc) is 2.36. The van der Waals surface area contributed by atoms with E-state index in [1.165, 1.54) is 11.1 Å². The predicted octanol–water partition coefficient (Wildman–Crippen LogP) is 4.21. The lowest BCUT2D eigenvalue weighted by molar-refractivity contribution is 0.124. The highest BCUT2D eigenvalue weighted by Gasteiger charge is 1.95. The molecule has 0 fully saturated rings. The summed E-state index contributed by atoms with van der Waals surface area (Å²) in [7, 11) is 0. The quantitative estimate of drug-likeness (QED) is 0.750. The van der Waals surface area contributed by atoms with Gasteiger partial charge < -0.3 is 4.74 Å². The molecule has 0 saturated carbocycles. The van der Waals surface area contributed by atoms with Crippen LogP contribution in [0.4, 0.5) is 0 Å². The normalized spacial score (nSPS) is 10.4.